The zero-order valence-corrected chi connectivity index (χ0v) is 21.3. The van der Waals surface area contributed by atoms with E-state index in [2.05, 4.69) is 31.6 Å². The molecule has 0 saturated carbocycles. The zero-order valence-electron chi connectivity index (χ0n) is 21.3. The molecule has 0 atom stereocenters. The number of piperazine rings is 1. The Bertz CT molecular complexity index is 1650. The van der Waals surface area contributed by atoms with E-state index in [0.717, 1.165) is 55.7 Å². The fourth-order valence-electron chi connectivity index (χ4n) is 5.28. The first-order chi connectivity index (χ1) is 18.9. The first-order valence-corrected chi connectivity index (χ1v) is 13.1. The van der Waals surface area contributed by atoms with Gasteiger partial charge in [0.15, 0.2) is 5.65 Å². The molecule has 1 saturated heterocycles. The average molecular weight is 525 g/mol. The minimum Gasteiger partial charge on any atom is -0.477 e. The molecule has 10 nitrogen and oxygen atoms in total. The molecule has 4 aromatic rings. The van der Waals surface area contributed by atoms with Gasteiger partial charge in [0.05, 0.1) is 11.9 Å². The van der Waals surface area contributed by atoms with E-state index in [1.165, 1.54) is 23.5 Å². The standard InChI is InChI=1S/C29H28N6O4/c36-25-17-34(13-11-30-25)12-10-18-4-7-21(8-5-18)32-29-31-15-23-26(37)24(28(38)39)16-35(27(23)33-29)22-9-6-19-2-1-3-20(19)14-22/h4-9,14-16H,1-3,10-13,17H2,(H,30,36)(H,38,39)(H,31,32,33). The molecule has 198 valence electrons. The molecule has 3 N–H and O–H groups in total. The molecule has 0 spiro atoms. The number of hydrogen-bond donors (Lipinski definition) is 3. The maximum atomic E-state index is 12.9. The van der Waals surface area contributed by atoms with Gasteiger partial charge in [0, 0.05) is 43.4 Å². The number of aromatic carboxylic acids is 1. The highest BCUT2D eigenvalue weighted by atomic mass is 16.4. The Hall–Kier alpha value is -4.57. The minimum absolute atomic E-state index is 0.0666. The maximum Gasteiger partial charge on any atom is 0.341 e. The largest absolute Gasteiger partial charge is 0.477 e. The Balaban J connectivity index is 1.27. The highest BCUT2D eigenvalue weighted by molar-refractivity contribution is 5.92. The summed E-state index contributed by atoms with van der Waals surface area (Å²) < 4.78 is 1.66. The van der Waals surface area contributed by atoms with Gasteiger partial charge >= 0.3 is 5.97 Å². The fraction of sp³-hybridized carbons (Fsp3) is 0.276. The zero-order chi connectivity index (χ0) is 26.9. The van der Waals surface area contributed by atoms with Crippen LogP contribution < -0.4 is 16.1 Å². The predicted octanol–water partition coefficient (Wildman–Crippen LogP) is 2.69. The van der Waals surface area contributed by atoms with Crippen LogP contribution in [0, 0.1) is 0 Å². The number of fused-ring (bicyclic) bond motifs is 2. The van der Waals surface area contributed by atoms with Crippen molar-refractivity contribution in [2.75, 3.05) is 31.5 Å². The Morgan fingerprint density at radius 1 is 1.08 bits per heavy atom. The summed E-state index contributed by atoms with van der Waals surface area (Å²) in [6, 6.07) is 14.0. The molecule has 10 heteroatoms. The number of nitrogens with zero attached hydrogens (tertiary/aromatic N) is 4. The molecule has 39 heavy (non-hydrogen) atoms. The highest BCUT2D eigenvalue weighted by Gasteiger charge is 2.19. The normalized spacial score (nSPS) is 15.2. The van der Waals surface area contributed by atoms with Crippen LogP contribution in [0.4, 0.5) is 11.6 Å². The smallest absolute Gasteiger partial charge is 0.341 e. The molecule has 1 aliphatic carbocycles. The van der Waals surface area contributed by atoms with Crippen molar-refractivity contribution < 1.29 is 14.7 Å². The fourth-order valence-corrected chi connectivity index (χ4v) is 5.28. The van der Waals surface area contributed by atoms with E-state index in [1.807, 2.05) is 36.4 Å². The molecule has 0 unspecified atom stereocenters. The monoisotopic (exact) mass is 524 g/mol. The summed E-state index contributed by atoms with van der Waals surface area (Å²) in [6.45, 7) is 2.79. The Kier molecular flexibility index (Phi) is 6.54. The van der Waals surface area contributed by atoms with E-state index in [1.54, 1.807) is 4.57 Å². The lowest BCUT2D eigenvalue weighted by molar-refractivity contribution is -0.124. The van der Waals surface area contributed by atoms with E-state index in [4.69, 9.17) is 0 Å². The molecule has 3 heterocycles. The van der Waals surface area contributed by atoms with Gasteiger partial charge in [0.25, 0.3) is 0 Å². The van der Waals surface area contributed by atoms with Crippen LogP contribution >= 0.6 is 0 Å². The van der Waals surface area contributed by atoms with Crippen LogP contribution in [-0.2, 0) is 24.1 Å². The lowest BCUT2D eigenvalue weighted by atomic mass is 10.1. The second-order valence-corrected chi connectivity index (χ2v) is 9.98. The summed E-state index contributed by atoms with van der Waals surface area (Å²) in [5.41, 5.74) is 4.61. The third kappa shape index (κ3) is 5.10. The molecule has 1 amide bonds. The lowest BCUT2D eigenvalue weighted by Crippen LogP contribution is -2.48. The SMILES string of the molecule is O=C1CN(CCc2ccc(Nc3ncc4c(=O)c(C(=O)O)cn(-c5ccc6c(c5)CCC6)c4n3)cc2)CCN1. The number of anilines is 2. The third-order valence-corrected chi connectivity index (χ3v) is 7.38. The maximum absolute atomic E-state index is 12.9. The Morgan fingerprint density at radius 2 is 1.90 bits per heavy atom. The number of aromatic nitrogens is 3. The van der Waals surface area contributed by atoms with Gasteiger partial charge in [0.1, 0.15) is 5.56 Å². The number of carboxylic acid groups (broad SMARTS) is 1. The van der Waals surface area contributed by atoms with Crippen LogP contribution in [0.25, 0.3) is 16.7 Å². The van der Waals surface area contributed by atoms with E-state index >= 15 is 0 Å². The number of carboxylic acids is 1. The van der Waals surface area contributed by atoms with Crippen molar-refractivity contribution in [1.29, 1.82) is 0 Å². The molecule has 6 rings (SSSR count). The van der Waals surface area contributed by atoms with Crippen LogP contribution in [0.1, 0.15) is 33.5 Å². The summed E-state index contributed by atoms with van der Waals surface area (Å²) in [6.07, 6.45) is 6.66. The molecule has 2 aromatic heterocycles. The quantitative estimate of drug-likeness (QED) is 0.337. The molecule has 0 bridgehead atoms. The minimum atomic E-state index is -1.29. The van der Waals surface area contributed by atoms with Crippen molar-refractivity contribution in [3.8, 4) is 5.69 Å². The number of carbonyl (C=O) groups is 2. The van der Waals surface area contributed by atoms with Gasteiger partial charge in [-0.1, -0.05) is 18.2 Å². The summed E-state index contributed by atoms with van der Waals surface area (Å²) >= 11 is 0. The van der Waals surface area contributed by atoms with Crippen molar-refractivity contribution in [2.24, 2.45) is 0 Å². The van der Waals surface area contributed by atoms with Gasteiger partial charge < -0.3 is 20.3 Å². The van der Waals surface area contributed by atoms with Gasteiger partial charge in [-0.05, 0) is 66.6 Å². The number of hydrogen-bond acceptors (Lipinski definition) is 7. The van der Waals surface area contributed by atoms with Gasteiger partial charge in [-0.3, -0.25) is 14.5 Å². The van der Waals surface area contributed by atoms with Gasteiger partial charge in [-0.15, -0.1) is 0 Å². The third-order valence-electron chi connectivity index (χ3n) is 7.38. The number of benzene rings is 2. The molecule has 2 aromatic carbocycles. The molecular weight excluding hydrogens is 496 g/mol. The number of amides is 1. The molecule has 1 aliphatic heterocycles. The van der Waals surface area contributed by atoms with E-state index in [0.29, 0.717) is 24.7 Å². The highest BCUT2D eigenvalue weighted by Crippen LogP contribution is 2.26. The molecule has 2 aliphatic rings. The summed E-state index contributed by atoms with van der Waals surface area (Å²) in [5, 5.41) is 15.8. The lowest BCUT2D eigenvalue weighted by Gasteiger charge is -2.26. The van der Waals surface area contributed by atoms with Crippen LogP contribution in [0.5, 0.6) is 0 Å². The van der Waals surface area contributed by atoms with Gasteiger partial charge in [-0.2, -0.15) is 4.98 Å². The topological polar surface area (TPSA) is 129 Å². The number of carbonyl (C=O) groups excluding carboxylic acids is 1. The van der Waals surface area contributed by atoms with Crippen molar-refractivity contribution in [1.82, 2.24) is 24.8 Å². The summed E-state index contributed by atoms with van der Waals surface area (Å²) in [5.74, 6) is -0.924. The Morgan fingerprint density at radius 3 is 2.69 bits per heavy atom. The number of pyridine rings is 1. The molecular formula is C29H28N6O4. The van der Waals surface area contributed by atoms with Crippen molar-refractivity contribution in [3.63, 3.8) is 0 Å². The van der Waals surface area contributed by atoms with Crippen LogP contribution in [0.15, 0.2) is 59.7 Å². The molecule has 1 fully saturated rings. The summed E-state index contributed by atoms with van der Waals surface area (Å²) in [7, 11) is 0. The van der Waals surface area contributed by atoms with Crippen molar-refractivity contribution >= 4 is 34.5 Å². The first-order valence-electron chi connectivity index (χ1n) is 13.1. The first kappa shape index (κ1) is 24.7. The second-order valence-electron chi connectivity index (χ2n) is 9.98. The second kappa shape index (κ2) is 10.3. The number of aryl methyl sites for hydroxylation is 2. The molecule has 0 radical (unpaired) electrons. The van der Waals surface area contributed by atoms with Crippen molar-refractivity contribution in [3.05, 3.63) is 87.3 Å². The van der Waals surface area contributed by atoms with Crippen LogP contribution in [0.2, 0.25) is 0 Å². The van der Waals surface area contributed by atoms with Crippen LogP contribution in [-0.4, -0.2) is 62.6 Å². The van der Waals surface area contributed by atoms with E-state index < -0.39 is 11.4 Å². The van der Waals surface area contributed by atoms with Crippen molar-refractivity contribution in [2.45, 2.75) is 25.7 Å². The van der Waals surface area contributed by atoms with E-state index in [9.17, 15) is 19.5 Å². The number of rotatable bonds is 7. The predicted molar refractivity (Wildman–Crippen MR) is 147 cm³/mol. The van der Waals surface area contributed by atoms with Gasteiger partial charge in [0.2, 0.25) is 17.3 Å². The average Bonchev–Trinajstić information content (AvgIpc) is 3.41. The Labute approximate surface area is 224 Å². The summed E-state index contributed by atoms with van der Waals surface area (Å²) in [4.78, 5) is 47.4. The van der Waals surface area contributed by atoms with E-state index in [-0.39, 0.29) is 16.9 Å². The van der Waals surface area contributed by atoms with Gasteiger partial charge in [-0.25, -0.2) is 9.78 Å². The van der Waals surface area contributed by atoms with Crippen LogP contribution in [0.3, 0.4) is 0 Å². The number of nitrogens with one attached hydrogen (secondary N) is 2.